The van der Waals surface area contributed by atoms with Crippen molar-refractivity contribution in [3.63, 3.8) is 0 Å². The van der Waals surface area contributed by atoms with Crippen LogP contribution in [0.5, 0.6) is 17.2 Å². The fraction of sp³-hybridized carbons (Fsp3) is 0.125. The molecule has 1 amide bonds. The first-order valence-corrected chi connectivity index (χ1v) is 11.2. The lowest BCUT2D eigenvalue weighted by Gasteiger charge is -2.12. The quantitative estimate of drug-likeness (QED) is 0.127. The number of esters is 1. The molecule has 0 saturated heterocycles. The van der Waals surface area contributed by atoms with Crippen LogP contribution in [0.3, 0.4) is 0 Å². The Labute approximate surface area is 215 Å². The van der Waals surface area contributed by atoms with E-state index in [9.17, 15) is 19.7 Å². The predicted molar refractivity (Wildman–Crippen MR) is 133 cm³/mol. The van der Waals surface area contributed by atoms with E-state index in [-0.39, 0.29) is 38.5 Å². The van der Waals surface area contributed by atoms with Crippen LogP contribution < -0.4 is 19.6 Å². The lowest BCUT2D eigenvalue weighted by Crippen LogP contribution is -2.24. The summed E-state index contributed by atoms with van der Waals surface area (Å²) in [5, 5.41) is 15.4. The number of ether oxygens (including phenoxy) is 3. The first-order chi connectivity index (χ1) is 17.3. The van der Waals surface area contributed by atoms with Crippen LogP contribution in [-0.2, 0) is 4.79 Å². The molecule has 3 aromatic rings. The van der Waals surface area contributed by atoms with Gasteiger partial charge in [-0.25, -0.2) is 10.2 Å². The molecule has 0 heterocycles. The average molecular weight is 532 g/mol. The topological polar surface area (TPSA) is 129 Å². The van der Waals surface area contributed by atoms with E-state index < -0.39 is 23.4 Å². The minimum Gasteiger partial charge on any atom is -0.490 e. The Balaban J connectivity index is 1.62. The molecule has 0 aliphatic carbocycles. The fourth-order valence-electron chi connectivity index (χ4n) is 2.85. The Morgan fingerprint density at radius 1 is 1.03 bits per heavy atom. The third-order valence-corrected chi connectivity index (χ3v) is 5.01. The van der Waals surface area contributed by atoms with Gasteiger partial charge in [-0.3, -0.25) is 14.9 Å². The molecule has 3 aromatic carbocycles. The van der Waals surface area contributed by atoms with Gasteiger partial charge in [0, 0.05) is 11.1 Å². The van der Waals surface area contributed by atoms with Gasteiger partial charge in [0.15, 0.2) is 23.9 Å². The predicted octanol–water partition coefficient (Wildman–Crippen LogP) is 5.05. The number of nitro benzene ring substituents is 1. The summed E-state index contributed by atoms with van der Waals surface area (Å²) in [4.78, 5) is 34.9. The number of amides is 1. The number of hydrazone groups is 1. The number of carbonyl (C=O) groups is 2. The zero-order valence-electron chi connectivity index (χ0n) is 18.8. The number of rotatable bonds is 10. The Kier molecular flexibility index (Phi) is 9.20. The number of halogens is 2. The second-order valence-corrected chi connectivity index (χ2v) is 7.80. The van der Waals surface area contributed by atoms with Crippen molar-refractivity contribution in [2.24, 2.45) is 5.10 Å². The lowest BCUT2D eigenvalue weighted by atomic mass is 10.2. The van der Waals surface area contributed by atoms with E-state index in [1.54, 1.807) is 43.3 Å². The molecule has 0 aromatic heterocycles. The van der Waals surface area contributed by atoms with E-state index in [0.717, 1.165) is 6.07 Å². The molecule has 1 N–H and O–H groups in total. The van der Waals surface area contributed by atoms with Crippen molar-refractivity contribution in [1.82, 2.24) is 5.43 Å². The molecule has 0 bridgehead atoms. The van der Waals surface area contributed by atoms with Crippen LogP contribution in [0.25, 0.3) is 0 Å². The molecule has 0 radical (unpaired) electrons. The fourth-order valence-corrected chi connectivity index (χ4v) is 3.23. The van der Waals surface area contributed by atoms with E-state index in [1.165, 1.54) is 24.4 Å². The highest BCUT2D eigenvalue weighted by atomic mass is 35.5. The third kappa shape index (κ3) is 7.17. The number of nitrogens with zero attached hydrogens (tertiary/aromatic N) is 2. The van der Waals surface area contributed by atoms with E-state index in [0.29, 0.717) is 12.2 Å². The summed E-state index contributed by atoms with van der Waals surface area (Å²) in [5.74, 6) is -0.929. The summed E-state index contributed by atoms with van der Waals surface area (Å²) in [6.07, 6.45) is 1.34. The van der Waals surface area contributed by atoms with Gasteiger partial charge < -0.3 is 14.2 Å². The second-order valence-electron chi connectivity index (χ2n) is 6.96. The molecular formula is C24H19Cl2N3O7. The molecule has 10 nitrogen and oxygen atoms in total. The molecule has 0 saturated carbocycles. The minimum absolute atomic E-state index is 0.105. The maximum Gasteiger partial charge on any atom is 0.345 e. The number of carbonyl (C=O) groups excluding carboxylic acids is 2. The monoisotopic (exact) mass is 531 g/mol. The zero-order chi connectivity index (χ0) is 26.1. The number of hydrogen-bond donors (Lipinski definition) is 1. The first-order valence-electron chi connectivity index (χ1n) is 10.4. The Morgan fingerprint density at radius 2 is 1.78 bits per heavy atom. The van der Waals surface area contributed by atoms with Crippen molar-refractivity contribution >= 4 is 47.0 Å². The van der Waals surface area contributed by atoms with Crippen LogP contribution in [0.4, 0.5) is 5.69 Å². The van der Waals surface area contributed by atoms with Gasteiger partial charge in [0.05, 0.1) is 28.3 Å². The van der Waals surface area contributed by atoms with Gasteiger partial charge in [0.1, 0.15) is 0 Å². The van der Waals surface area contributed by atoms with Gasteiger partial charge in [-0.1, -0.05) is 35.3 Å². The lowest BCUT2D eigenvalue weighted by molar-refractivity contribution is -0.385. The highest BCUT2D eigenvalue weighted by molar-refractivity contribution is 6.33. The van der Waals surface area contributed by atoms with E-state index in [2.05, 4.69) is 10.5 Å². The van der Waals surface area contributed by atoms with Crippen molar-refractivity contribution in [1.29, 1.82) is 0 Å². The summed E-state index contributed by atoms with van der Waals surface area (Å²) >= 11 is 11.8. The summed E-state index contributed by atoms with van der Waals surface area (Å²) in [6.45, 7) is 1.56. The number of benzene rings is 3. The van der Waals surface area contributed by atoms with Gasteiger partial charge in [-0.15, -0.1) is 0 Å². The first kappa shape index (κ1) is 26.5. The van der Waals surface area contributed by atoms with Gasteiger partial charge in [0.2, 0.25) is 0 Å². The maximum absolute atomic E-state index is 12.5. The molecule has 0 unspecified atom stereocenters. The van der Waals surface area contributed by atoms with Crippen molar-refractivity contribution in [2.75, 3.05) is 13.2 Å². The summed E-state index contributed by atoms with van der Waals surface area (Å²) in [6, 6.07) is 15.0. The van der Waals surface area contributed by atoms with Crippen LogP contribution in [0.2, 0.25) is 10.0 Å². The SMILES string of the molecule is CCOc1cc(/C=N/NC(=O)COc2ccc(Cl)cc2[N+](=O)[O-])ccc1OC(=O)c1ccccc1Cl. The number of hydrogen-bond acceptors (Lipinski definition) is 8. The number of nitro groups is 1. The second kappa shape index (κ2) is 12.5. The summed E-state index contributed by atoms with van der Waals surface area (Å²) in [7, 11) is 0. The summed E-state index contributed by atoms with van der Waals surface area (Å²) in [5.41, 5.74) is 2.64. The van der Waals surface area contributed by atoms with E-state index >= 15 is 0 Å². The largest absolute Gasteiger partial charge is 0.490 e. The zero-order valence-corrected chi connectivity index (χ0v) is 20.3. The molecule has 0 aliphatic rings. The van der Waals surface area contributed by atoms with Gasteiger partial charge in [0.25, 0.3) is 5.91 Å². The van der Waals surface area contributed by atoms with Crippen molar-refractivity contribution < 1.29 is 28.7 Å². The van der Waals surface area contributed by atoms with Crippen molar-refractivity contribution in [3.8, 4) is 17.2 Å². The Bertz CT molecular complexity index is 1310. The molecule has 0 fully saturated rings. The molecule has 0 atom stereocenters. The smallest absolute Gasteiger partial charge is 0.345 e. The Morgan fingerprint density at radius 3 is 2.50 bits per heavy atom. The van der Waals surface area contributed by atoms with Crippen LogP contribution in [0.15, 0.2) is 65.8 Å². The van der Waals surface area contributed by atoms with E-state index in [1.807, 2.05) is 0 Å². The average Bonchev–Trinajstić information content (AvgIpc) is 2.85. The van der Waals surface area contributed by atoms with Crippen LogP contribution in [0.1, 0.15) is 22.8 Å². The Hall–Kier alpha value is -4.15. The molecule has 3 rings (SSSR count). The third-order valence-electron chi connectivity index (χ3n) is 4.44. The number of nitrogens with one attached hydrogen (secondary N) is 1. The van der Waals surface area contributed by atoms with E-state index in [4.69, 9.17) is 37.4 Å². The highest BCUT2D eigenvalue weighted by Gasteiger charge is 2.17. The normalized spacial score (nSPS) is 10.6. The highest BCUT2D eigenvalue weighted by Crippen LogP contribution is 2.30. The van der Waals surface area contributed by atoms with Crippen LogP contribution in [-0.4, -0.2) is 36.2 Å². The van der Waals surface area contributed by atoms with Gasteiger partial charge in [-0.2, -0.15) is 5.10 Å². The van der Waals surface area contributed by atoms with Crippen LogP contribution in [0, 0.1) is 10.1 Å². The van der Waals surface area contributed by atoms with Gasteiger partial charge in [-0.05, 0) is 55.0 Å². The molecule has 0 aliphatic heterocycles. The molecule has 186 valence electrons. The van der Waals surface area contributed by atoms with Crippen LogP contribution >= 0.6 is 23.2 Å². The maximum atomic E-state index is 12.5. The van der Waals surface area contributed by atoms with Crippen molar-refractivity contribution in [2.45, 2.75) is 6.92 Å². The molecule has 12 heteroatoms. The van der Waals surface area contributed by atoms with Gasteiger partial charge >= 0.3 is 11.7 Å². The van der Waals surface area contributed by atoms with Crippen molar-refractivity contribution in [3.05, 3.63) is 92.0 Å². The molecule has 36 heavy (non-hydrogen) atoms. The standard InChI is InChI=1S/C24H19Cl2N3O7/c1-2-34-22-11-15(7-9-21(22)36-24(31)17-5-3-4-6-18(17)26)13-27-28-23(30)14-35-20-10-8-16(25)12-19(20)29(32)33/h3-13H,2,14H2,1H3,(H,28,30)/b27-13+. The molecule has 0 spiro atoms. The minimum atomic E-state index is -0.664. The summed E-state index contributed by atoms with van der Waals surface area (Å²) < 4.78 is 16.2. The molecular weight excluding hydrogens is 513 g/mol.